The number of hydrogen-bond acceptors (Lipinski definition) is 4. The Bertz CT molecular complexity index is 1220. The molecular weight excluding hydrogens is 496 g/mol. The summed E-state index contributed by atoms with van der Waals surface area (Å²) in [6.45, 7) is 2.75. The first-order chi connectivity index (χ1) is 16.5. The minimum atomic E-state index is -0.914. The van der Waals surface area contributed by atoms with Crippen LogP contribution in [0.4, 0.5) is 5.69 Å². The van der Waals surface area contributed by atoms with Crippen LogP contribution in [0.1, 0.15) is 52.1 Å². The molecule has 1 saturated heterocycles. The molecule has 0 aliphatic carbocycles. The van der Waals surface area contributed by atoms with E-state index in [2.05, 4.69) is 22.9 Å². The summed E-state index contributed by atoms with van der Waals surface area (Å²) in [5, 5.41) is 0. The van der Waals surface area contributed by atoms with Crippen molar-refractivity contribution in [1.82, 2.24) is 4.90 Å². The van der Waals surface area contributed by atoms with Gasteiger partial charge in [-0.1, -0.05) is 53.5 Å². The Morgan fingerprint density at radius 1 is 0.794 bits per heavy atom. The Morgan fingerprint density at radius 3 is 2.00 bits per heavy atom. The van der Waals surface area contributed by atoms with Crippen molar-refractivity contribution in [2.75, 3.05) is 11.5 Å². The van der Waals surface area contributed by atoms with Gasteiger partial charge in [0, 0.05) is 10.2 Å². The van der Waals surface area contributed by atoms with Gasteiger partial charge in [0.2, 0.25) is 0 Å². The van der Waals surface area contributed by atoms with Gasteiger partial charge in [-0.2, -0.15) is 0 Å². The molecule has 172 valence electrons. The van der Waals surface area contributed by atoms with Crippen LogP contribution in [-0.2, 0) is 4.79 Å². The van der Waals surface area contributed by atoms with Crippen LogP contribution in [-0.4, -0.2) is 35.3 Å². The SMILES string of the molecule is CCCCOc1ccc([C@@H]2[C@@H](N3C(=O)c4ccccc4C3=O)C(=O)N2c2ccc(Br)cc2)cc1. The van der Waals surface area contributed by atoms with E-state index in [0.717, 1.165) is 33.5 Å². The van der Waals surface area contributed by atoms with Crippen molar-refractivity contribution in [3.8, 4) is 5.75 Å². The van der Waals surface area contributed by atoms with Gasteiger partial charge in [0.05, 0.1) is 23.8 Å². The number of unbranched alkanes of at least 4 members (excludes halogenated alkanes) is 1. The molecule has 6 nitrogen and oxygen atoms in total. The van der Waals surface area contributed by atoms with Crippen LogP contribution < -0.4 is 9.64 Å². The summed E-state index contributed by atoms with van der Waals surface area (Å²) in [5.74, 6) is -0.404. The van der Waals surface area contributed by atoms with E-state index in [0.29, 0.717) is 23.4 Å². The third kappa shape index (κ3) is 3.70. The Balaban J connectivity index is 1.50. The van der Waals surface area contributed by atoms with Crippen molar-refractivity contribution >= 4 is 39.3 Å². The maximum absolute atomic E-state index is 13.4. The summed E-state index contributed by atoms with van der Waals surface area (Å²) < 4.78 is 6.67. The number of ether oxygens (including phenoxy) is 1. The molecule has 2 aliphatic heterocycles. The number of rotatable bonds is 7. The summed E-state index contributed by atoms with van der Waals surface area (Å²) in [4.78, 5) is 42.5. The molecule has 0 unspecified atom stereocenters. The standard InChI is InChI=1S/C27H23BrN2O4/c1-2-3-16-34-20-14-8-17(9-15-20)23-24(27(33)29(23)19-12-10-18(28)11-13-19)30-25(31)21-6-4-5-7-22(21)26(30)32/h4-15,23-24H,2-3,16H2,1H3/t23-,24-/m1/s1. The van der Waals surface area contributed by atoms with Gasteiger partial charge in [-0.15, -0.1) is 0 Å². The number of amides is 3. The maximum Gasteiger partial charge on any atom is 0.262 e. The molecule has 0 saturated carbocycles. The van der Waals surface area contributed by atoms with Crippen molar-refractivity contribution < 1.29 is 19.1 Å². The summed E-state index contributed by atoms with van der Waals surface area (Å²) in [6.07, 6.45) is 2.02. The number of hydrogen-bond donors (Lipinski definition) is 0. The van der Waals surface area contributed by atoms with Gasteiger partial charge in [-0.05, 0) is 60.5 Å². The van der Waals surface area contributed by atoms with Crippen LogP contribution in [0.5, 0.6) is 5.75 Å². The summed E-state index contributed by atoms with van der Waals surface area (Å²) in [6, 6.07) is 20.2. The van der Waals surface area contributed by atoms with E-state index in [1.165, 1.54) is 0 Å². The third-order valence-electron chi connectivity index (χ3n) is 6.26. The monoisotopic (exact) mass is 518 g/mol. The largest absolute Gasteiger partial charge is 0.494 e. The van der Waals surface area contributed by atoms with E-state index in [1.54, 1.807) is 29.2 Å². The molecule has 0 bridgehead atoms. The molecule has 34 heavy (non-hydrogen) atoms. The van der Waals surface area contributed by atoms with Gasteiger partial charge < -0.3 is 9.64 Å². The van der Waals surface area contributed by atoms with E-state index >= 15 is 0 Å². The summed E-state index contributed by atoms with van der Waals surface area (Å²) in [7, 11) is 0. The van der Waals surface area contributed by atoms with E-state index < -0.39 is 23.9 Å². The zero-order valence-electron chi connectivity index (χ0n) is 18.6. The van der Waals surface area contributed by atoms with E-state index in [1.807, 2.05) is 48.5 Å². The molecule has 5 rings (SSSR count). The number of carbonyl (C=O) groups is 3. The van der Waals surface area contributed by atoms with Gasteiger partial charge in [-0.3, -0.25) is 19.3 Å². The first kappa shape index (κ1) is 22.3. The number of imide groups is 1. The fourth-order valence-electron chi connectivity index (χ4n) is 4.50. The minimum Gasteiger partial charge on any atom is -0.494 e. The highest BCUT2D eigenvalue weighted by Gasteiger charge is 2.57. The lowest BCUT2D eigenvalue weighted by Crippen LogP contribution is -2.67. The minimum absolute atomic E-state index is 0.287. The molecular formula is C27H23BrN2O4. The summed E-state index contributed by atoms with van der Waals surface area (Å²) in [5.41, 5.74) is 2.20. The van der Waals surface area contributed by atoms with E-state index in [4.69, 9.17) is 4.74 Å². The molecule has 2 atom stereocenters. The normalized spacial score (nSPS) is 19.3. The molecule has 1 fully saturated rings. The fourth-order valence-corrected chi connectivity index (χ4v) is 4.77. The van der Waals surface area contributed by atoms with E-state index in [-0.39, 0.29) is 5.91 Å². The Hall–Kier alpha value is -3.45. The second-order valence-corrected chi connectivity index (χ2v) is 9.29. The highest BCUT2D eigenvalue weighted by Crippen LogP contribution is 2.44. The summed E-state index contributed by atoms with van der Waals surface area (Å²) >= 11 is 3.43. The fraction of sp³-hybridized carbons (Fsp3) is 0.222. The smallest absolute Gasteiger partial charge is 0.262 e. The maximum atomic E-state index is 13.4. The molecule has 0 radical (unpaired) electrons. The predicted molar refractivity (Wildman–Crippen MR) is 132 cm³/mol. The lowest BCUT2D eigenvalue weighted by Gasteiger charge is -2.49. The second-order valence-electron chi connectivity index (χ2n) is 8.37. The van der Waals surface area contributed by atoms with Crippen molar-refractivity contribution in [2.24, 2.45) is 0 Å². The Kier molecular flexibility index (Phi) is 5.96. The quantitative estimate of drug-likeness (QED) is 0.239. The highest BCUT2D eigenvalue weighted by atomic mass is 79.9. The average molecular weight is 519 g/mol. The van der Waals surface area contributed by atoms with Gasteiger partial charge >= 0.3 is 0 Å². The third-order valence-corrected chi connectivity index (χ3v) is 6.79. The average Bonchev–Trinajstić information content (AvgIpc) is 3.10. The molecule has 2 heterocycles. The van der Waals surface area contributed by atoms with E-state index in [9.17, 15) is 14.4 Å². The first-order valence-electron chi connectivity index (χ1n) is 11.3. The molecule has 0 N–H and O–H groups in total. The van der Waals surface area contributed by atoms with Crippen molar-refractivity contribution in [1.29, 1.82) is 0 Å². The molecule has 0 spiro atoms. The molecule has 7 heteroatoms. The topological polar surface area (TPSA) is 66.9 Å². The predicted octanol–water partition coefficient (Wildman–Crippen LogP) is 5.38. The van der Waals surface area contributed by atoms with Crippen LogP contribution in [0.25, 0.3) is 0 Å². The van der Waals surface area contributed by atoms with Crippen LogP contribution in [0.15, 0.2) is 77.3 Å². The van der Waals surface area contributed by atoms with Crippen molar-refractivity contribution in [2.45, 2.75) is 31.8 Å². The van der Waals surface area contributed by atoms with Crippen LogP contribution in [0.2, 0.25) is 0 Å². The number of carbonyl (C=O) groups excluding carboxylic acids is 3. The lowest BCUT2D eigenvalue weighted by atomic mass is 9.86. The van der Waals surface area contributed by atoms with Crippen molar-refractivity contribution in [3.05, 3.63) is 94.0 Å². The van der Waals surface area contributed by atoms with Gasteiger partial charge in [-0.25, -0.2) is 0 Å². The van der Waals surface area contributed by atoms with Gasteiger partial charge in [0.25, 0.3) is 17.7 Å². The molecule has 3 amide bonds. The number of β-lactam (4-membered cyclic amide) rings is 1. The Morgan fingerprint density at radius 2 is 1.41 bits per heavy atom. The van der Waals surface area contributed by atoms with Gasteiger partial charge in [0.15, 0.2) is 0 Å². The first-order valence-corrected chi connectivity index (χ1v) is 12.1. The van der Waals surface area contributed by atoms with Gasteiger partial charge in [0.1, 0.15) is 11.8 Å². The molecule has 2 aliphatic rings. The number of halogens is 1. The van der Waals surface area contributed by atoms with Crippen LogP contribution >= 0.6 is 15.9 Å². The zero-order chi connectivity index (χ0) is 23.8. The second kappa shape index (κ2) is 9.06. The number of nitrogens with zero attached hydrogens (tertiary/aromatic N) is 2. The van der Waals surface area contributed by atoms with Crippen molar-refractivity contribution in [3.63, 3.8) is 0 Å². The Labute approximate surface area is 206 Å². The zero-order valence-corrected chi connectivity index (χ0v) is 20.2. The highest BCUT2D eigenvalue weighted by molar-refractivity contribution is 9.10. The number of anilines is 1. The molecule has 0 aromatic heterocycles. The number of benzene rings is 3. The molecule has 3 aromatic rings. The lowest BCUT2D eigenvalue weighted by molar-refractivity contribution is -0.130. The van der Waals surface area contributed by atoms with Crippen LogP contribution in [0.3, 0.4) is 0 Å². The molecule has 3 aromatic carbocycles. The van der Waals surface area contributed by atoms with Crippen LogP contribution in [0, 0.1) is 0 Å². The number of fused-ring (bicyclic) bond motifs is 1.